The summed E-state index contributed by atoms with van der Waals surface area (Å²) >= 11 is 0. The van der Waals surface area contributed by atoms with Crippen LogP contribution in [0.3, 0.4) is 0 Å². The van der Waals surface area contributed by atoms with Crippen LogP contribution in [0.1, 0.15) is 28.0 Å². The molecule has 30 heavy (non-hydrogen) atoms. The van der Waals surface area contributed by atoms with Gasteiger partial charge in [-0.2, -0.15) is 0 Å². The Labute approximate surface area is 173 Å². The molecule has 0 bridgehead atoms. The molecule has 152 valence electrons. The molecule has 0 N–H and O–H groups in total. The number of aromatic nitrogens is 1. The zero-order chi connectivity index (χ0) is 21.3. The molecule has 4 rings (SSSR count). The number of hydrogen-bond donors (Lipinski definition) is 0. The van der Waals surface area contributed by atoms with Crippen LogP contribution in [0, 0.1) is 18.6 Å². The molecule has 1 heterocycles. The maximum Gasteiger partial charge on any atom is 0.165 e. The average molecular weight is 405 g/mol. The zero-order valence-electron chi connectivity index (χ0n) is 16.8. The minimum atomic E-state index is -0.640. The van der Waals surface area contributed by atoms with Crippen molar-refractivity contribution in [3.05, 3.63) is 95.2 Å². The van der Waals surface area contributed by atoms with Gasteiger partial charge in [-0.25, -0.2) is 8.78 Å². The van der Waals surface area contributed by atoms with E-state index in [4.69, 9.17) is 4.74 Å². The zero-order valence-corrected chi connectivity index (χ0v) is 16.8. The third-order valence-corrected chi connectivity index (χ3v) is 5.27. The van der Waals surface area contributed by atoms with Gasteiger partial charge in [0.15, 0.2) is 5.78 Å². The molecule has 5 heteroatoms. The second kappa shape index (κ2) is 8.11. The van der Waals surface area contributed by atoms with E-state index in [9.17, 15) is 13.6 Å². The van der Waals surface area contributed by atoms with E-state index in [0.717, 1.165) is 28.4 Å². The Kier molecular flexibility index (Phi) is 5.36. The predicted molar refractivity (Wildman–Crippen MR) is 114 cm³/mol. The van der Waals surface area contributed by atoms with E-state index < -0.39 is 11.6 Å². The first kappa shape index (κ1) is 19.8. The quantitative estimate of drug-likeness (QED) is 0.366. The lowest BCUT2D eigenvalue weighted by Crippen LogP contribution is -2.05. The molecule has 0 saturated heterocycles. The van der Waals surface area contributed by atoms with Gasteiger partial charge >= 0.3 is 0 Å². The number of para-hydroxylation sites is 1. The van der Waals surface area contributed by atoms with Crippen molar-refractivity contribution >= 4 is 16.7 Å². The van der Waals surface area contributed by atoms with Crippen LogP contribution in [0.2, 0.25) is 0 Å². The van der Waals surface area contributed by atoms with Crippen molar-refractivity contribution in [3.63, 3.8) is 0 Å². The Morgan fingerprint density at radius 2 is 1.67 bits per heavy atom. The first-order valence-corrected chi connectivity index (χ1v) is 9.70. The van der Waals surface area contributed by atoms with E-state index >= 15 is 0 Å². The fourth-order valence-electron chi connectivity index (χ4n) is 3.92. The van der Waals surface area contributed by atoms with Crippen LogP contribution in [0.25, 0.3) is 16.6 Å². The van der Waals surface area contributed by atoms with Crippen LogP contribution >= 0.6 is 0 Å². The van der Waals surface area contributed by atoms with Gasteiger partial charge in [-0.1, -0.05) is 18.2 Å². The van der Waals surface area contributed by atoms with Crippen LogP contribution in [-0.4, -0.2) is 17.5 Å². The van der Waals surface area contributed by atoms with E-state index in [-0.39, 0.29) is 18.6 Å². The number of hydrogen-bond acceptors (Lipinski definition) is 2. The number of rotatable bonds is 6. The highest BCUT2D eigenvalue weighted by Crippen LogP contribution is 2.33. The largest absolute Gasteiger partial charge is 0.497 e. The molecular formula is C25H21F2NO2. The molecule has 3 aromatic carbocycles. The van der Waals surface area contributed by atoms with Gasteiger partial charge in [0.25, 0.3) is 0 Å². The van der Waals surface area contributed by atoms with Crippen molar-refractivity contribution in [3.8, 4) is 11.4 Å². The number of fused-ring (bicyclic) bond motifs is 1. The fraction of sp³-hybridized carbons (Fsp3) is 0.160. The molecule has 0 amide bonds. The number of carbonyl (C=O) groups excluding carboxylic acids is 1. The topological polar surface area (TPSA) is 31.2 Å². The number of methoxy groups -OCH3 is 1. The first-order chi connectivity index (χ1) is 14.5. The maximum absolute atomic E-state index is 13.5. The van der Waals surface area contributed by atoms with Gasteiger partial charge in [0.2, 0.25) is 0 Å². The Balaban J connectivity index is 1.77. The number of benzene rings is 3. The lowest BCUT2D eigenvalue weighted by atomic mass is 10.00. The molecule has 0 aliphatic rings. The summed E-state index contributed by atoms with van der Waals surface area (Å²) in [6.45, 7) is 1.91. The van der Waals surface area contributed by atoms with Crippen LogP contribution in [0.4, 0.5) is 8.78 Å². The Bertz CT molecular complexity index is 1210. The number of ketones is 1. The third kappa shape index (κ3) is 3.71. The molecule has 0 aliphatic carbocycles. The molecule has 4 aromatic rings. The smallest absolute Gasteiger partial charge is 0.165 e. The molecule has 0 unspecified atom stereocenters. The van der Waals surface area contributed by atoms with Crippen molar-refractivity contribution in [2.75, 3.05) is 7.11 Å². The number of halogens is 2. The highest BCUT2D eigenvalue weighted by molar-refractivity contribution is 6.10. The summed E-state index contributed by atoms with van der Waals surface area (Å²) in [4.78, 5) is 13.2. The normalized spacial score (nSPS) is 11.1. The van der Waals surface area contributed by atoms with Crippen LogP contribution in [-0.2, 0) is 6.42 Å². The summed E-state index contributed by atoms with van der Waals surface area (Å²) in [7, 11) is 1.59. The van der Waals surface area contributed by atoms with Crippen LogP contribution < -0.4 is 4.74 Å². The first-order valence-electron chi connectivity index (χ1n) is 9.70. The molecule has 0 saturated carbocycles. The van der Waals surface area contributed by atoms with Gasteiger partial charge < -0.3 is 9.30 Å². The summed E-state index contributed by atoms with van der Waals surface area (Å²) in [6, 6.07) is 18.8. The van der Waals surface area contributed by atoms with Gasteiger partial charge in [-0.05, 0) is 61.4 Å². The summed E-state index contributed by atoms with van der Waals surface area (Å²) in [5, 5.41) is 0.797. The number of nitrogens with zero attached hydrogens (tertiary/aromatic N) is 1. The summed E-state index contributed by atoms with van der Waals surface area (Å²) in [5.74, 6) is -0.697. The lowest BCUT2D eigenvalue weighted by molar-refractivity contribution is 0.0983. The maximum atomic E-state index is 13.5. The Morgan fingerprint density at radius 1 is 0.967 bits per heavy atom. The fourth-order valence-corrected chi connectivity index (χ4v) is 3.92. The van der Waals surface area contributed by atoms with Crippen molar-refractivity contribution in [1.82, 2.24) is 4.57 Å². The van der Waals surface area contributed by atoms with E-state index in [1.54, 1.807) is 7.11 Å². The highest BCUT2D eigenvalue weighted by Gasteiger charge is 2.21. The van der Waals surface area contributed by atoms with Crippen molar-refractivity contribution < 1.29 is 18.3 Å². The number of Topliss-reactive ketones (excluding diaryl/α,β-unsaturated/α-hetero) is 1. The third-order valence-electron chi connectivity index (χ3n) is 5.27. The van der Waals surface area contributed by atoms with Gasteiger partial charge in [-0.15, -0.1) is 0 Å². The highest BCUT2D eigenvalue weighted by atomic mass is 19.1. The Morgan fingerprint density at radius 3 is 2.33 bits per heavy atom. The summed E-state index contributed by atoms with van der Waals surface area (Å²) in [6.07, 6.45) is 0.407. The summed E-state index contributed by atoms with van der Waals surface area (Å²) in [5.41, 5.74) is 3.74. The monoisotopic (exact) mass is 405 g/mol. The SMILES string of the molecule is COc1ccc2c(c1)c(C(=O)CCc1cc(F)cc(F)c1)c(C)n2-c1ccccc1. The van der Waals surface area contributed by atoms with Crippen LogP contribution in [0.5, 0.6) is 5.75 Å². The summed E-state index contributed by atoms with van der Waals surface area (Å²) < 4.78 is 34.4. The van der Waals surface area contributed by atoms with Crippen molar-refractivity contribution in [2.24, 2.45) is 0 Å². The van der Waals surface area contributed by atoms with Gasteiger partial charge in [0, 0.05) is 34.8 Å². The number of carbonyl (C=O) groups is 1. The molecule has 3 nitrogen and oxygen atoms in total. The second-order valence-electron chi connectivity index (χ2n) is 7.22. The lowest BCUT2D eigenvalue weighted by Gasteiger charge is -2.09. The van der Waals surface area contributed by atoms with E-state index in [0.29, 0.717) is 16.9 Å². The minimum absolute atomic E-state index is 0.0786. The molecular weight excluding hydrogens is 384 g/mol. The minimum Gasteiger partial charge on any atom is -0.497 e. The van der Waals surface area contributed by atoms with Gasteiger partial charge in [0.05, 0.1) is 12.6 Å². The molecule has 0 spiro atoms. The molecule has 0 fully saturated rings. The van der Waals surface area contributed by atoms with Gasteiger partial charge in [-0.3, -0.25) is 4.79 Å². The molecule has 1 aromatic heterocycles. The second-order valence-corrected chi connectivity index (χ2v) is 7.22. The Hall–Kier alpha value is -3.47. The molecule has 0 radical (unpaired) electrons. The van der Waals surface area contributed by atoms with Crippen molar-refractivity contribution in [1.29, 1.82) is 0 Å². The van der Waals surface area contributed by atoms with E-state index in [1.165, 1.54) is 12.1 Å². The van der Waals surface area contributed by atoms with E-state index in [1.807, 2.05) is 60.0 Å². The average Bonchev–Trinajstić information content (AvgIpc) is 3.03. The van der Waals surface area contributed by atoms with Crippen molar-refractivity contribution in [2.45, 2.75) is 19.8 Å². The standard InChI is InChI=1S/C25H21F2NO2/c1-16-25(24(29)11-8-17-12-18(26)14-19(27)13-17)22-15-21(30-2)9-10-23(22)28(16)20-6-4-3-5-7-20/h3-7,9-10,12-15H,8,11H2,1-2H3. The van der Waals surface area contributed by atoms with Crippen LogP contribution in [0.15, 0.2) is 66.7 Å². The molecule has 0 atom stereocenters. The van der Waals surface area contributed by atoms with Gasteiger partial charge in [0.1, 0.15) is 17.4 Å². The number of aryl methyl sites for hydroxylation is 1. The van der Waals surface area contributed by atoms with E-state index in [2.05, 4.69) is 0 Å². The predicted octanol–water partition coefficient (Wildman–Crippen LogP) is 6.04. The number of ether oxygens (including phenoxy) is 1. The molecule has 0 aliphatic heterocycles.